The van der Waals surface area contributed by atoms with Gasteiger partial charge in [0.2, 0.25) is 0 Å². The molecule has 0 radical (unpaired) electrons. The Kier molecular flexibility index (Phi) is 219. The minimum Gasteiger partial charge on any atom is -0.0776 e. The Morgan fingerprint density at radius 2 is 0.630 bits per heavy atom. The van der Waals surface area contributed by atoms with Crippen molar-refractivity contribution in [3.05, 3.63) is 0 Å². The number of hydrogen-bond acceptors (Lipinski definition) is 0. The van der Waals surface area contributed by atoms with E-state index in [-0.39, 0.29) is 59.4 Å². The molecule has 0 saturated heterocycles. The third-order valence-corrected chi connectivity index (χ3v) is 3.35. The molecule has 0 spiro atoms. The fourth-order valence-electron chi connectivity index (χ4n) is 1.44. The molecule has 0 rings (SSSR count). The monoisotopic (exact) mass is 401 g/mol. The van der Waals surface area contributed by atoms with Crippen molar-refractivity contribution in [3.63, 3.8) is 0 Å². The van der Waals surface area contributed by atoms with Crippen LogP contribution in [0.2, 0.25) is 0 Å². The van der Waals surface area contributed by atoms with Gasteiger partial charge in [-0.05, 0) is 5.92 Å². The summed E-state index contributed by atoms with van der Waals surface area (Å²) in [5.41, 5.74) is 0. The van der Waals surface area contributed by atoms with E-state index >= 15 is 0 Å². The summed E-state index contributed by atoms with van der Waals surface area (Å²) in [5.74, 6) is 0.974. The molecule has 0 aliphatic carbocycles. The molecule has 0 aromatic heterocycles. The quantitative estimate of drug-likeness (QED) is 0.337. The highest BCUT2D eigenvalue weighted by Gasteiger charge is 1.99. The third kappa shape index (κ3) is 124. The van der Waals surface area contributed by atoms with E-state index in [9.17, 15) is 0 Å². The summed E-state index contributed by atoms with van der Waals surface area (Å²) in [6.07, 6.45) is 15.2. The number of hydrogen-bond donors (Lipinski definition) is 0. The molecule has 0 aliphatic heterocycles. The Labute approximate surface area is 184 Å². The highest BCUT2D eigenvalue weighted by molar-refractivity contribution is 4.53. The minimum atomic E-state index is 0. The zero-order valence-electron chi connectivity index (χ0n) is 15.4. The van der Waals surface area contributed by atoms with Crippen molar-refractivity contribution >= 4 is 0 Å². The molecule has 0 nitrogen and oxygen atoms in total. The minimum absolute atomic E-state index is 0. The predicted octanol–water partition coefficient (Wildman–Crippen LogP) is 13.1. The third-order valence-electron chi connectivity index (χ3n) is 3.35. The molecule has 0 aromatic carbocycles. The van der Waals surface area contributed by atoms with Crippen LogP contribution in [0.5, 0.6) is 0 Å². The first-order chi connectivity index (χ1) is 9.14. The normalized spacial score (nSPS) is 7.67. The van der Waals surface area contributed by atoms with Gasteiger partial charge in [0, 0.05) is 0 Å². The lowest BCUT2D eigenvalue weighted by molar-refractivity contribution is 0.448. The van der Waals surface area contributed by atoms with Gasteiger partial charge < -0.3 is 0 Å². The van der Waals surface area contributed by atoms with Crippen LogP contribution in [0.25, 0.3) is 0 Å². The Morgan fingerprint density at radius 1 is 0.370 bits per heavy atom. The van der Waals surface area contributed by atoms with Crippen LogP contribution in [0.1, 0.15) is 179 Å². The second kappa shape index (κ2) is 82.9. The first kappa shape index (κ1) is 71.3. The molecular weight excluding hydrogens is 324 g/mol. The molecule has 0 heterocycles. The van der Waals surface area contributed by atoms with Gasteiger partial charge in [0.05, 0.1) is 0 Å². The largest absolute Gasteiger partial charge is 0.0776 e. The van der Waals surface area contributed by atoms with E-state index in [1.807, 2.05) is 0 Å². The van der Waals surface area contributed by atoms with Gasteiger partial charge in [-0.3, -0.25) is 0 Å². The molecule has 0 fully saturated rings. The molecule has 0 aromatic rings. The van der Waals surface area contributed by atoms with Crippen LogP contribution in [0, 0.1) is 5.92 Å². The molecule has 1 unspecified atom stereocenters. The maximum Gasteiger partial charge on any atom is -0.0443 e. The van der Waals surface area contributed by atoms with E-state index in [0.717, 1.165) is 5.92 Å². The molecule has 0 bridgehead atoms. The molecule has 0 saturated carbocycles. The fourth-order valence-corrected chi connectivity index (χ4v) is 1.44. The lowest BCUT2D eigenvalue weighted by atomic mass is 9.98. The summed E-state index contributed by atoms with van der Waals surface area (Å²) in [6, 6.07) is 0. The maximum absolute atomic E-state index is 2.39. The number of rotatable bonds is 9. The van der Waals surface area contributed by atoms with Gasteiger partial charge in [-0.2, -0.15) is 0 Å². The van der Waals surface area contributed by atoms with Crippen molar-refractivity contribution in [2.24, 2.45) is 5.92 Å². The summed E-state index contributed by atoms with van der Waals surface area (Å²) in [5, 5.41) is 0. The van der Waals surface area contributed by atoms with Crippen LogP contribution >= 0.6 is 0 Å². The Morgan fingerprint density at radius 3 is 0.852 bits per heavy atom. The van der Waals surface area contributed by atoms with E-state index in [2.05, 4.69) is 48.5 Å². The van der Waals surface area contributed by atoms with Crippen molar-refractivity contribution in [2.45, 2.75) is 179 Å². The van der Waals surface area contributed by atoms with E-state index < -0.39 is 0 Å². The summed E-state index contributed by atoms with van der Waals surface area (Å²) < 4.78 is 0. The smallest absolute Gasteiger partial charge is 0.0443 e. The average molecular weight is 401 g/mol. The lowest BCUT2D eigenvalue weighted by Crippen LogP contribution is -1.93. The van der Waals surface area contributed by atoms with Gasteiger partial charge in [0.25, 0.3) is 0 Å². The van der Waals surface area contributed by atoms with E-state index in [1.54, 1.807) is 0 Å². The van der Waals surface area contributed by atoms with Crippen LogP contribution in [0.4, 0.5) is 0 Å². The second-order valence-corrected chi connectivity index (χ2v) is 5.74. The fraction of sp³-hybridized carbons (Fsp3) is 1.00. The topological polar surface area (TPSA) is 0 Å². The van der Waals surface area contributed by atoms with Gasteiger partial charge >= 0.3 is 0 Å². The Bertz CT molecular complexity index is 98.6. The maximum atomic E-state index is 2.39. The predicted molar refractivity (Wildman–Crippen MR) is 148 cm³/mol. The zero-order valence-corrected chi connectivity index (χ0v) is 15.4. The standard InChI is InChI=1S/C11H24.2C4H10.8CH4/c1-4-6-8-10-11(3)9-7-5-2;2*1-3-4-2;;;;;;;;/h11H,4-10H2,1-3H3;2*3-4H2,1-2H3;8*1H4. The van der Waals surface area contributed by atoms with E-state index in [1.165, 1.54) is 70.6 Å². The molecular formula is C27H76. The van der Waals surface area contributed by atoms with Gasteiger partial charge in [0.1, 0.15) is 0 Å². The zero-order chi connectivity index (χ0) is 15.4. The molecule has 0 amide bonds. The summed E-state index contributed by atoms with van der Waals surface area (Å²) in [4.78, 5) is 0. The summed E-state index contributed by atoms with van der Waals surface area (Å²) in [6.45, 7) is 15.7. The SMILES string of the molecule is C.C.C.C.C.C.C.C.CCCC.CCCC.CCCCCC(C)CCCC. The van der Waals surface area contributed by atoms with Gasteiger partial charge in [0.15, 0.2) is 0 Å². The van der Waals surface area contributed by atoms with Crippen LogP contribution in [-0.2, 0) is 0 Å². The first-order valence-electron chi connectivity index (χ1n) is 9.14. The number of unbranched alkanes of at least 4 members (excludes halogenated alkanes) is 5. The second-order valence-electron chi connectivity index (χ2n) is 5.74. The van der Waals surface area contributed by atoms with Crippen LogP contribution in [-0.4, -0.2) is 0 Å². The van der Waals surface area contributed by atoms with Crippen LogP contribution in [0.3, 0.4) is 0 Å². The Hall–Kier alpha value is 0. The average Bonchev–Trinajstić information content (AvgIpc) is 2.46. The molecule has 27 heavy (non-hydrogen) atoms. The first-order valence-corrected chi connectivity index (χ1v) is 9.14. The van der Waals surface area contributed by atoms with Crippen molar-refractivity contribution in [1.82, 2.24) is 0 Å². The highest BCUT2D eigenvalue weighted by Crippen LogP contribution is 2.15. The van der Waals surface area contributed by atoms with E-state index in [0.29, 0.717) is 0 Å². The molecule has 1 atom stereocenters. The molecule has 0 N–H and O–H groups in total. The van der Waals surface area contributed by atoms with Crippen molar-refractivity contribution in [3.8, 4) is 0 Å². The molecule has 184 valence electrons. The van der Waals surface area contributed by atoms with Gasteiger partial charge in [-0.15, -0.1) is 0 Å². The van der Waals surface area contributed by atoms with Crippen LogP contribution in [0.15, 0.2) is 0 Å². The van der Waals surface area contributed by atoms with Gasteiger partial charge in [-0.25, -0.2) is 0 Å². The summed E-state index contributed by atoms with van der Waals surface area (Å²) in [7, 11) is 0. The Balaban J connectivity index is -0.0000000157. The highest BCUT2D eigenvalue weighted by atomic mass is 14.1. The van der Waals surface area contributed by atoms with Crippen molar-refractivity contribution < 1.29 is 0 Å². The van der Waals surface area contributed by atoms with Crippen molar-refractivity contribution in [1.29, 1.82) is 0 Å². The summed E-state index contributed by atoms with van der Waals surface area (Å²) >= 11 is 0. The lowest BCUT2D eigenvalue weighted by Gasteiger charge is -2.09. The van der Waals surface area contributed by atoms with Gasteiger partial charge in [-0.1, -0.05) is 179 Å². The molecule has 0 aliphatic rings. The van der Waals surface area contributed by atoms with Crippen molar-refractivity contribution in [2.75, 3.05) is 0 Å². The van der Waals surface area contributed by atoms with Crippen LogP contribution < -0.4 is 0 Å². The van der Waals surface area contributed by atoms with E-state index in [4.69, 9.17) is 0 Å². The molecule has 0 heteroatoms.